The number of aromatic nitrogens is 4. The summed E-state index contributed by atoms with van der Waals surface area (Å²) in [6.45, 7) is 3.24. The van der Waals surface area contributed by atoms with E-state index in [2.05, 4.69) is 37.6 Å². The summed E-state index contributed by atoms with van der Waals surface area (Å²) in [7, 11) is 0. The average Bonchev–Trinajstić information content (AvgIpc) is 3.20. The van der Waals surface area contributed by atoms with Crippen molar-refractivity contribution < 1.29 is 4.74 Å². The molecule has 1 aliphatic heterocycles. The standard InChI is InChI=1S/C22H21N5O/c1-2-9-24-18(4-1)14-26-12-13-28-21(16-26)19-15-27-20(5-3-6-22(27)25-19)17-7-10-23-11-8-17/h1-11,15,21H,12-14,16H2/t21-/m0/s1. The third-order valence-corrected chi connectivity index (χ3v) is 5.08. The predicted molar refractivity (Wildman–Crippen MR) is 107 cm³/mol. The van der Waals surface area contributed by atoms with Crippen molar-refractivity contribution in [2.45, 2.75) is 12.6 Å². The normalized spacial score (nSPS) is 17.8. The number of imidazole rings is 1. The fraction of sp³-hybridized carbons (Fsp3) is 0.227. The molecule has 0 radical (unpaired) electrons. The van der Waals surface area contributed by atoms with Gasteiger partial charge in [-0.25, -0.2) is 4.98 Å². The number of rotatable bonds is 4. The van der Waals surface area contributed by atoms with Gasteiger partial charge in [-0.2, -0.15) is 0 Å². The summed E-state index contributed by atoms with van der Waals surface area (Å²) in [6, 6.07) is 16.2. The first kappa shape index (κ1) is 17.0. The molecule has 5 heterocycles. The van der Waals surface area contributed by atoms with Gasteiger partial charge in [0.05, 0.1) is 23.7 Å². The quantitative estimate of drug-likeness (QED) is 0.551. The summed E-state index contributed by atoms with van der Waals surface area (Å²) < 4.78 is 8.19. The lowest BCUT2D eigenvalue weighted by molar-refractivity contribution is -0.0351. The lowest BCUT2D eigenvalue weighted by atomic mass is 10.2. The van der Waals surface area contributed by atoms with Crippen molar-refractivity contribution in [3.05, 3.63) is 84.7 Å². The molecule has 1 fully saturated rings. The lowest BCUT2D eigenvalue weighted by Crippen LogP contribution is -2.38. The predicted octanol–water partition coefficient (Wildman–Crippen LogP) is 3.36. The number of morpholine rings is 1. The number of nitrogens with zero attached hydrogens (tertiary/aromatic N) is 5. The summed E-state index contributed by atoms with van der Waals surface area (Å²) >= 11 is 0. The largest absolute Gasteiger partial charge is 0.369 e. The Bertz CT molecular complexity index is 1060. The van der Waals surface area contributed by atoms with E-state index >= 15 is 0 Å². The van der Waals surface area contributed by atoms with E-state index in [0.717, 1.165) is 47.9 Å². The summed E-state index contributed by atoms with van der Waals surface area (Å²) in [5.74, 6) is 0. The molecule has 5 rings (SSSR count). The Hall–Kier alpha value is -3.09. The van der Waals surface area contributed by atoms with Crippen LogP contribution >= 0.6 is 0 Å². The van der Waals surface area contributed by atoms with Crippen LogP contribution in [0.4, 0.5) is 0 Å². The summed E-state index contributed by atoms with van der Waals surface area (Å²) in [5.41, 5.74) is 5.19. The highest BCUT2D eigenvalue weighted by molar-refractivity contribution is 5.63. The minimum absolute atomic E-state index is 0.0392. The lowest BCUT2D eigenvalue weighted by Gasteiger charge is -2.31. The fourth-order valence-corrected chi connectivity index (χ4v) is 3.69. The molecule has 140 valence electrons. The Labute approximate surface area is 163 Å². The van der Waals surface area contributed by atoms with Gasteiger partial charge in [-0.3, -0.25) is 19.3 Å². The first-order valence-electron chi connectivity index (χ1n) is 9.49. The molecule has 0 aromatic carbocycles. The molecule has 1 aliphatic rings. The van der Waals surface area contributed by atoms with Crippen LogP contribution in [0, 0.1) is 0 Å². The van der Waals surface area contributed by atoms with Crippen molar-refractivity contribution in [3.63, 3.8) is 0 Å². The molecule has 0 N–H and O–H groups in total. The summed E-state index contributed by atoms with van der Waals surface area (Å²) in [5, 5.41) is 0. The first-order valence-corrected chi connectivity index (χ1v) is 9.49. The number of pyridine rings is 3. The minimum atomic E-state index is -0.0392. The molecule has 1 saturated heterocycles. The summed E-state index contributed by atoms with van der Waals surface area (Å²) in [6.07, 6.45) is 7.52. The molecule has 6 nitrogen and oxygen atoms in total. The van der Waals surface area contributed by atoms with E-state index < -0.39 is 0 Å². The fourth-order valence-electron chi connectivity index (χ4n) is 3.69. The van der Waals surface area contributed by atoms with Crippen molar-refractivity contribution in [3.8, 4) is 11.3 Å². The van der Waals surface area contributed by atoms with Gasteiger partial charge < -0.3 is 4.74 Å². The molecule has 6 heteroatoms. The topological polar surface area (TPSA) is 55.6 Å². The number of hydrogen-bond donors (Lipinski definition) is 0. The molecule has 0 aliphatic carbocycles. The van der Waals surface area contributed by atoms with Gasteiger partial charge in [0.15, 0.2) is 0 Å². The molecular formula is C22H21N5O. The van der Waals surface area contributed by atoms with Crippen molar-refractivity contribution >= 4 is 5.65 Å². The minimum Gasteiger partial charge on any atom is -0.369 e. The van der Waals surface area contributed by atoms with Crippen LogP contribution in [0.2, 0.25) is 0 Å². The van der Waals surface area contributed by atoms with Crippen LogP contribution in [0.3, 0.4) is 0 Å². The van der Waals surface area contributed by atoms with Crippen LogP contribution in [0.5, 0.6) is 0 Å². The third kappa shape index (κ3) is 3.40. The van der Waals surface area contributed by atoms with Crippen LogP contribution in [-0.2, 0) is 11.3 Å². The van der Waals surface area contributed by atoms with Crippen LogP contribution < -0.4 is 0 Å². The number of fused-ring (bicyclic) bond motifs is 1. The molecule has 4 aromatic rings. The molecule has 0 saturated carbocycles. The van der Waals surface area contributed by atoms with Crippen LogP contribution in [0.25, 0.3) is 16.9 Å². The van der Waals surface area contributed by atoms with Crippen molar-refractivity contribution in [2.75, 3.05) is 19.7 Å². The summed E-state index contributed by atoms with van der Waals surface area (Å²) in [4.78, 5) is 15.8. The molecule has 4 aromatic heterocycles. The SMILES string of the molecule is c1ccc(CN2CCO[C@H](c3cn4c(-c5ccncc5)cccc4n3)C2)nc1. The van der Waals surface area contributed by atoms with E-state index in [-0.39, 0.29) is 6.10 Å². The molecule has 0 spiro atoms. The van der Waals surface area contributed by atoms with E-state index in [4.69, 9.17) is 9.72 Å². The van der Waals surface area contributed by atoms with E-state index in [9.17, 15) is 0 Å². The number of ether oxygens (including phenoxy) is 1. The zero-order valence-corrected chi connectivity index (χ0v) is 15.5. The molecule has 0 bridgehead atoms. The second-order valence-electron chi connectivity index (χ2n) is 6.96. The zero-order valence-electron chi connectivity index (χ0n) is 15.5. The van der Waals surface area contributed by atoms with Crippen molar-refractivity contribution in [1.29, 1.82) is 0 Å². The van der Waals surface area contributed by atoms with Crippen LogP contribution in [-0.4, -0.2) is 43.9 Å². The number of hydrogen-bond acceptors (Lipinski definition) is 5. The van der Waals surface area contributed by atoms with Gasteiger partial charge in [0.25, 0.3) is 0 Å². The highest BCUT2D eigenvalue weighted by atomic mass is 16.5. The Morgan fingerprint density at radius 3 is 2.79 bits per heavy atom. The van der Waals surface area contributed by atoms with Gasteiger partial charge in [0.1, 0.15) is 11.8 Å². The van der Waals surface area contributed by atoms with Crippen molar-refractivity contribution in [2.24, 2.45) is 0 Å². The zero-order chi connectivity index (χ0) is 18.8. The first-order chi connectivity index (χ1) is 13.9. The van der Waals surface area contributed by atoms with Crippen LogP contribution in [0.15, 0.2) is 73.3 Å². The van der Waals surface area contributed by atoms with E-state index in [1.165, 1.54) is 0 Å². The van der Waals surface area contributed by atoms with E-state index in [1.54, 1.807) is 0 Å². The molecular weight excluding hydrogens is 350 g/mol. The Kier molecular flexibility index (Phi) is 4.56. The second-order valence-corrected chi connectivity index (χ2v) is 6.96. The van der Waals surface area contributed by atoms with Gasteiger partial charge in [0.2, 0.25) is 0 Å². The molecule has 0 amide bonds. The maximum atomic E-state index is 6.06. The maximum Gasteiger partial charge on any atom is 0.137 e. The smallest absolute Gasteiger partial charge is 0.137 e. The Balaban J connectivity index is 1.41. The van der Waals surface area contributed by atoms with Gasteiger partial charge in [-0.1, -0.05) is 12.1 Å². The van der Waals surface area contributed by atoms with Gasteiger partial charge >= 0.3 is 0 Å². The Morgan fingerprint density at radius 2 is 1.93 bits per heavy atom. The Morgan fingerprint density at radius 1 is 1.00 bits per heavy atom. The van der Waals surface area contributed by atoms with Gasteiger partial charge in [0, 0.05) is 50.0 Å². The van der Waals surface area contributed by atoms with E-state index in [0.29, 0.717) is 6.61 Å². The molecule has 0 unspecified atom stereocenters. The van der Waals surface area contributed by atoms with Gasteiger partial charge in [-0.15, -0.1) is 0 Å². The van der Waals surface area contributed by atoms with Crippen LogP contribution in [0.1, 0.15) is 17.5 Å². The highest BCUT2D eigenvalue weighted by Gasteiger charge is 2.24. The third-order valence-electron chi connectivity index (χ3n) is 5.08. The van der Waals surface area contributed by atoms with E-state index in [1.807, 2.05) is 55.0 Å². The highest BCUT2D eigenvalue weighted by Crippen LogP contribution is 2.26. The van der Waals surface area contributed by atoms with Gasteiger partial charge in [-0.05, 0) is 36.4 Å². The monoisotopic (exact) mass is 371 g/mol. The van der Waals surface area contributed by atoms with Crippen molar-refractivity contribution in [1.82, 2.24) is 24.3 Å². The second kappa shape index (κ2) is 7.50. The maximum absolute atomic E-state index is 6.06. The molecule has 28 heavy (non-hydrogen) atoms. The molecule has 1 atom stereocenters. The average molecular weight is 371 g/mol.